The van der Waals surface area contributed by atoms with Crippen LogP contribution in [-0.4, -0.2) is 60.5 Å². The van der Waals surface area contributed by atoms with Crippen LogP contribution in [0.4, 0.5) is 0 Å². The van der Waals surface area contributed by atoms with E-state index >= 15 is 0 Å². The average molecular weight is 399 g/mol. The van der Waals surface area contributed by atoms with Gasteiger partial charge in [0.15, 0.2) is 0 Å². The van der Waals surface area contributed by atoms with E-state index in [-0.39, 0.29) is 5.91 Å². The van der Waals surface area contributed by atoms with Crippen LogP contribution >= 0.6 is 0 Å². The van der Waals surface area contributed by atoms with Crippen LogP contribution in [0.3, 0.4) is 0 Å². The Labute approximate surface area is 172 Å². The molecule has 1 fully saturated rings. The Morgan fingerprint density at radius 2 is 1.97 bits per heavy atom. The van der Waals surface area contributed by atoms with Crippen LogP contribution in [0, 0.1) is 0 Å². The first-order valence-corrected chi connectivity index (χ1v) is 10.1. The highest BCUT2D eigenvalue weighted by molar-refractivity contribution is 6.01. The number of rotatable bonds is 9. The fourth-order valence-electron chi connectivity index (χ4n) is 3.22. The molecular weight excluding hydrogens is 368 g/mol. The van der Waals surface area contributed by atoms with Gasteiger partial charge in [0.2, 0.25) is 5.91 Å². The molecule has 0 aliphatic carbocycles. The number of hydrogen-bond acceptors (Lipinski definition) is 5. The fourth-order valence-corrected chi connectivity index (χ4v) is 3.22. The summed E-state index contributed by atoms with van der Waals surface area (Å²) in [5.41, 5.74) is 5.44. The van der Waals surface area contributed by atoms with Gasteiger partial charge in [0.1, 0.15) is 12.4 Å². The van der Waals surface area contributed by atoms with Gasteiger partial charge in [0.05, 0.1) is 25.3 Å². The molecule has 0 atom stereocenters. The minimum atomic E-state index is -0.124. The summed E-state index contributed by atoms with van der Waals surface area (Å²) in [5, 5.41) is 4.32. The number of nitrogens with one attached hydrogen (secondary N) is 1. The van der Waals surface area contributed by atoms with Gasteiger partial charge in [-0.3, -0.25) is 9.69 Å². The summed E-state index contributed by atoms with van der Waals surface area (Å²) in [6, 6.07) is 11.7. The molecule has 29 heavy (non-hydrogen) atoms. The van der Waals surface area contributed by atoms with E-state index in [9.17, 15) is 4.79 Å². The molecule has 156 valence electrons. The number of ether oxygens (including phenoxy) is 2. The molecule has 1 amide bonds. The molecule has 0 spiro atoms. The van der Waals surface area contributed by atoms with Crippen LogP contribution in [0.15, 0.2) is 47.7 Å². The first kappa shape index (κ1) is 21.1. The van der Waals surface area contributed by atoms with E-state index in [0.29, 0.717) is 13.0 Å². The van der Waals surface area contributed by atoms with Crippen molar-refractivity contribution < 1.29 is 14.3 Å². The Balaban J connectivity index is 1.49. The SMILES string of the molecule is CCC(=NNC(=O)Cc1cccn1C)c1ccc(OCCN2CCOCC2)cc1. The van der Waals surface area contributed by atoms with Gasteiger partial charge in [0, 0.05) is 38.6 Å². The van der Waals surface area contributed by atoms with Crippen molar-refractivity contribution in [3.05, 3.63) is 53.9 Å². The van der Waals surface area contributed by atoms with Gasteiger partial charge in [-0.05, 0) is 48.4 Å². The molecule has 2 heterocycles. The van der Waals surface area contributed by atoms with Crippen molar-refractivity contribution in [3.63, 3.8) is 0 Å². The zero-order chi connectivity index (χ0) is 20.5. The number of amides is 1. The van der Waals surface area contributed by atoms with Gasteiger partial charge >= 0.3 is 0 Å². The molecule has 0 unspecified atom stereocenters. The summed E-state index contributed by atoms with van der Waals surface area (Å²) < 4.78 is 13.1. The molecule has 3 rings (SSSR count). The van der Waals surface area contributed by atoms with Gasteiger partial charge < -0.3 is 14.0 Å². The monoisotopic (exact) mass is 398 g/mol. The minimum absolute atomic E-state index is 0.124. The molecule has 0 radical (unpaired) electrons. The van der Waals surface area contributed by atoms with Crippen molar-refractivity contribution in [2.75, 3.05) is 39.5 Å². The molecule has 1 aromatic carbocycles. The molecule has 1 aliphatic heterocycles. The summed E-state index contributed by atoms with van der Waals surface area (Å²) in [5.74, 6) is 0.714. The number of aromatic nitrogens is 1. The van der Waals surface area contributed by atoms with E-state index in [2.05, 4.69) is 15.4 Å². The number of hydrogen-bond donors (Lipinski definition) is 1. The summed E-state index contributed by atoms with van der Waals surface area (Å²) in [6.45, 7) is 7.12. The number of nitrogens with zero attached hydrogens (tertiary/aromatic N) is 3. The number of benzene rings is 1. The molecule has 0 bridgehead atoms. The number of carbonyl (C=O) groups excluding carboxylic acids is 1. The minimum Gasteiger partial charge on any atom is -0.492 e. The molecule has 1 N–H and O–H groups in total. The standard InChI is InChI=1S/C22H30N4O3/c1-3-21(23-24-22(27)17-19-5-4-10-25(19)2)18-6-8-20(9-7-18)29-16-13-26-11-14-28-15-12-26/h4-10H,3,11-17H2,1-2H3,(H,24,27). The quantitative estimate of drug-likeness (QED) is 0.519. The largest absolute Gasteiger partial charge is 0.492 e. The maximum absolute atomic E-state index is 12.2. The third-order valence-electron chi connectivity index (χ3n) is 5.01. The Hall–Kier alpha value is -2.64. The summed E-state index contributed by atoms with van der Waals surface area (Å²) >= 11 is 0. The van der Waals surface area contributed by atoms with E-state index < -0.39 is 0 Å². The second-order valence-electron chi connectivity index (χ2n) is 7.06. The lowest BCUT2D eigenvalue weighted by Crippen LogP contribution is -2.38. The van der Waals surface area contributed by atoms with E-state index in [4.69, 9.17) is 9.47 Å². The topological polar surface area (TPSA) is 68.1 Å². The van der Waals surface area contributed by atoms with E-state index in [1.165, 1.54) is 0 Å². The molecule has 1 aromatic heterocycles. The predicted octanol–water partition coefficient (Wildman–Crippen LogP) is 2.21. The van der Waals surface area contributed by atoms with Crippen LogP contribution in [0.25, 0.3) is 0 Å². The van der Waals surface area contributed by atoms with Gasteiger partial charge in [-0.2, -0.15) is 5.10 Å². The second kappa shape index (κ2) is 10.8. The van der Waals surface area contributed by atoms with Crippen molar-refractivity contribution in [3.8, 4) is 5.75 Å². The lowest BCUT2D eigenvalue weighted by atomic mass is 10.1. The van der Waals surface area contributed by atoms with Crippen LogP contribution in [0.1, 0.15) is 24.6 Å². The second-order valence-corrected chi connectivity index (χ2v) is 7.06. The third kappa shape index (κ3) is 6.44. The third-order valence-corrected chi connectivity index (χ3v) is 5.01. The zero-order valence-electron chi connectivity index (χ0n) is 17.3. The van der Waals surface area contributed by atoms with E-state index in [1.807, 2.05) is 61.1 Å². The van der Waals surface area contributed by atoms with Crippen LogP contribution < -0.4 is 10.2 Å². The van der Waals surface area contributed by atoms with Gasteiger partial charge in [-0.1, -0.05) is 6.92 Å². The van der Waals surface area contributed by atoms with Crippen molar-refractivity contribution in [1.82, 2.24) is 14.9 Å². The summed E-state index contributed by atoms with van der Waals surface area (Å²) in [4.78, 5) is 14.5. The number of aryl methyl sites for hydroxylation is 1. The molecular formula is C22H30N4O3. The van der Waals surface area contributed by atoms with Crippen molar-refractivity contribution in [2.24, 2.45) is 12.1 Å². The smallest absolute Gasteiger partial charge is 0.246 e. The lowest BCUT2D eigenvalue weighted by Gasteiger charge is -2.26. The van der Waals surface area contributed by atoms with Crippen LogP contribution in [-0.2, 0) is 23.0 Å². The average Bonchev–Trinajstić information content (AvgIpc) is 3.14. The summed E-state index contributed by atoms with van der Waals surface area (Å²) in [6.07, 6.45) is 2.95. The fraction of sp³-hybridized carbons (Fsp3) is 0.455. The highest BCUT2D eigenvalue weighted by atomic mass is 16.5. The number of morpholine rings is 1. The Bertz CT molecular complexity index is 808. The van der Waals surface area contributed by atoms with Crippen LogP contribution in [0.2, 0.25) is 0 Å². The van der Waals surface area contributed by atoms with E-state index in [0.717, 1.165) is 62.0 Å². The van der Waals surface area contributed by atoms with Gasteiger partial charge in [-0.15, -0.1) is 0 Å². The van der Waals surface area contributed by atoms with E-state index in [1.54, 1.807) is 0 Å². The van der Waals surface area contributed by atoms with Crippen LogP contribution in [0.5, 0.6) is 5.75 Å². The number of hydrazone groups is 1. The Kier molecular flexibility index (Phi) is 7.84. The summed E-state index contributed by atoms with van der Waals surface area (Å²) in [7, 11) is 1.92. The normalized spacial score (nSPS) is 15.3. The molecule has 1 aliphatic rings. The molecule has 7 nitrogen and oxygen atoms in total. The first-order chi connectivity index (χ1) is 14.2. The highest BCUT2D eigenvalue weighted by Gasteiger charge is 2.10. The van der Waals surface area contributed by atoms with Crippen molar-refractivity contribution >= 4 is 11.6 Å². The zero-order valence-corrected chi connectivity index (χ0v) is 17.3. The molecule has 2 aromatic rings. The van der Waals surface area contributed by atoms with Crippen molar-refractivity contribution in [1.29, 1.82) is 0 Å². The van der Waals surface area contributed by atoms with Crippen molar-refractivity contribution in [2.45, 2.75) is 19.8 Å². The molecule has 7 heteroatoms. The Morgan fingerprint density at radius 3 is 2.62 bits per heavy atom. The number of carbonyl (C=O) groups is 1. The van der Waals surface area contributed by atoms with Gasteiger partial charge in [0.25, 0.3) is 0 Å². The molecule has 0 saturated carbocycles. The Morgan fingerprint density at radius 1 is 1.21 bits per heavy atom. The first-order valence-electron chi connectivity index (χ1n) is 10.1. The lowest BCUT2D eigenvalue weighted by molar-refractivity contribution is -0.120. The van der Waals surface area contributed by atoms with Gasteiger partial charge in [-0.25, -0.2) is 5.43 Å². The maximum Gasteiger partial charge on any atom is 0.246 e. The predicted molar refractivity (Wildman–Crippen MR) is 113 cm³/mol. The maximum atomic E-state index is 12.2. The molecule has 1 saturated heterocycles. The highest BCUT2D eigenvalue weighted by Crippen LogP contribution is 2.14.